The summed E-state index contributed by atoms with van der Waals surface area (Å²) < 4.78 is 5.95. The highest BCUT2D eigenvalue weighted by molar-refractivity contribution is 6.08. The second kappa shape index (κ2) is 6.05. The van der Waals surface area contributed by atoms with Crippen LogP contribution in [0, 0.1) is 6.92 Å². The monoisotopic (exact) mass is 311 g/mol. The molecule has 1 atom stereocenters. The molecule has 1 heterocycles. The zero-order valence-corrected chi connectivity index (χ0v) is 13.7. The Morgan fingerprint density at radius 1 is 1.22 bits per heavy atom. The molecule has 1 aromatic heterocycles. The first-order valence-electron chi connectivity index (χ1n) is 7.83. The largest absolute Gasteiger partial charge is 0.450 e. The zero-order valence-electron chi connectivity index (χ0n) is 13.7. The van der Waals surface area contributed by atoms with Crippen molar-refractivity contribution in [3.05, 3.63) is 47.7 Å². The van der Waals surface area contributed by atoms with E-state index in [1.54, 1.807) is 18.9 Å². The molecule has 0 aliphatic heterocycles. The molecular formula is C19H21NO3. The highest BCUT2D eigenvalue weighted by Crippen LogP contribution is 2.32. The van der Waals surface area contributed by atoms with E-state index in [1.165, 1.54) is 0 Å². The Morgan fingerprint density at radius 2 is 1.96 bits per heavy atom. The zero-order chi connectivity index (χ0) is 16.6. The van der Waals surface area contributed by atoms with Gasteiger partial charge in [-0.2, -0.15) is 0 Å². The second-order valence-corrected chi connectivity index (χ2v) is 6.08. The minimum absolute atomic E-state index is 0.150. The number of carbonyl (C=O) groups excluding carboxylic acids is 1. The molecule has 2 aromatic carbocycles. The molecule has 0 radical (unpaired) electrons. The molecule has 1 amide bonds. The fourth-order valence-electron chi connectivity index (χ4n) is 2.81. The molecule has 1 unspecified atom stereocenters. The van der Waals surface area contributed by atoms with Gasteiger partial charge >= 0.3 is 0 Å². The highest BCUT2D eigenvalue weighted by atomic mass is 16.3. The molecule has 3 rings (SSSR count). The van der Waals surface area contributed by atoms with Crippen LogP contribution in [0.5, 0.6) is 0 Å². The molecule has 4 nitrogen and oxygen atoms in total. The molecule has 3 aromatic rings. The summed E-state index contributed by atoms with van der Waals surface area (Å²) in [6, 6.07) is 12.0. The number of carbonyl (C=O) groups is 1. The first-order chi connectivity index (χ1) is 11.0. The SMILES string of the molecule is Cc1c(C(=O)N(C)CCC(C)O)oc2c1ccc1ccccc12. The van der Waals surface area contributed by atoms with Crippen molar-refractivity contribution in [1.29, 1.82) is 0 Å². The van der Waals surface area contributed by atoms with Crippen molar-refractivity contribution in [2.75, 3.05) is 13.6 Å². The van der Waals surface area contributed by atoms with Gasteiger partial charge in [0.2, 0.25) is 0 Å². The average Bonchev–Trinajstić information content (AvgIpc) is 2.89. The first-order valence-corrected chi connectivity index (χ1v) is 7.83. The molecule has 0 bridgehead atoms. The van der Waals surface area contributed by atoms with E-state index in [0.29, 0.717) is 18.7 Å². The highest BCUT2D eigenvalue weighted by Gasteiger charge is 2.22. The van der Waals surface area contributed by atoms with Crippen LogP contribution < -0.4 is 0 Å². The number of nitrogens with zero attached hydrogens (tertiary/aromatic N) is 1. The molecule has 0 spiro atoms. The number of aliphatic hydroxyl groups excluding tert-OH is 1. The Kier molecular flexibility index (Phi) is 4.09. The van der Waals surface area contributed by atoms with Crippen molar-refractivity contribution in [3.8, 4) is 0 Å². The number of furan rings is 1. The minimum atomic E-state index is -0.425. The molecule has 0 aliphatic rings. The van der Waals surface area contributed by atoms with Crippen LogP contribution in [0.3, 0.4) is 0 Å². The van der Waals surface area contributed by atoms with Crippen molar-refractivity contribution in [3.63, 3.8) is 0 Å². The summed E-state index contributed by atoms with van der Waals surface area (Å²) >= 11 is 0. The van der Waals surface area contributed by atoms with Gasteiger partial charge in [-0.25, -0.2) is 0 Å². The topological polar surface area (TPSA) is 53.7 Å². The van der Waals surface area contributed by atoms with Crippen LogP contribution in [-0.4, -0.2) is 35.6 Å². The lowest BCUT2D eigenvalue weighted by atomic mass is 10.1. The predicted octanol–water partition coefficient (Wildman–Crippen LogP) is 3.74. The van der Waals surface area contributed by atoms with E-state index in [-0.39, 0.29) is 5.91 Å². The lowest BCUT2D eigenvalue weighted by Crippen LogP contribution is -2.29. The maximum Gasteiger partial charge on any atom is 0.289 e. The van der Waals surface area contributed by atoms with E-state index in [1.807, 2.05) is 43.3 Å². The third-order valence-electron chi connectivity index (χ3n) is 4.25. The Hall–Kier alpha value is -2.33. The molecule has 1 N–H and O–H groups in total. The minimum Gasteiger partial charge on any atom is -0.450 e. The summed E-state index contributed by atoms with van der Waals surface area (Å²) in [4.78, 5) is 14.2. The smallest absolute Gasteiger partial charge is 0.289 e. The molecule has 4 heteroatoms. The van der Waals surface area contributed by atoms with E-state index in [0.717, 1.165) is 27.3 Å². The Morgan fingerprint density at radius 3 is 2.70 bits per heavy atom. The number of aryl methyl sites for hydroxylation is 1. The van der Waals surface area contributed by atoms with E-state index in [4.69, 9.17) is 4.42 Å². The third kappa shape index (κ3) is 2.82. The van der Waals surface area contributed by atoms with Crippen LogP contribution in [-0.2, 0) is 0 Å². The lowest BCUT2D eigenvalue weighted by Gasteiger charge is -2.16. The van der Waals surface area contributed by atoms with Crippen LogP contribution in [0.25, 0.3) is 21.7 Å². The van der Waals surface area contributed by atoms with Gasteiger partial charge in [-0.3, -0.25) is 4.79 Å². The van der Waals surface area contributed by atoms with Crippen molar-refractivity contribution in [1.82, 2.24) is 4.90 Å². The van der Waals surface area contributed by atoms with Crippen molar-refractivity contribution >= 4 is 27.6 Å². The van der Waals surface area contributed by atoms with Crippen molar-refractivity contribution < 1.29 is 14.3 Å². The summed E-state index contributed by atoms with van der Waals surface area (Å²) in [6.07, 6.45) is 0.121. The quantitative estimate of drug-likeness (QED) is 0.798. The predicted molar refractivity (Wildman–Crippen MR) is 91.7 cm³/mol. The number of benzene rings is 2. The summed E-state index contributed by atoms with van der Waals surface area (Å²) in [7, 11) is 1.73. The van der Waals surface area contributed by atoms with Gasteiger partial charge in [-0.15, -0.1) is 0 Å². The first kappa shape index (κ1) is 15.6. The summed E-state index contributed by atoms with van der Waals surface area (Å²) in [6.45, 7) is 4.13. The van der Waals surface area contributed by atoms with E-state index in [9.17, 15) is 9.90 Å². The fourth-order valence-corrected chi connectivity index (χ4v) is 2.81. The van der Waals surface area contributed by atoms with Gasteiger partial charge in [-0.05, 0) is 25.7 Å². The maximum atomic E-state index is 12.6. The molecule has 0 saturated heterocycles. The standard InChI is InChI=1S/C19H21NO3/c1-12(21)10-11-20(3)19(22)17-13(2)15-9-8-14-6-4-5-7-16(14)18(15)23-17/h4-9,12,21H,10-11H2,1-3H3. The number of amides is 1. The Labute approximate surface area is 135 Å². The van der Waals surface area contributed by atoms with Crippen molar-refractivity contribution in [2.24, 2.45) is 0 Å². The molecule has 0 fully saturated rings. The number of hydrogen-bond acceptors (Lipinski definition) is 3. The normalized spacial score (nSPS) is 12.7. The number of fused-ring (bicyclic) bond motifs is 3. The summed E-state index contributed by atoms with van der Waals surface area (Å²) in [5.74, 6) is 0.230. The molecular weight excluding hydrogens is 290 g/mol. The van der Waals surface area contributed by atoms with Gasteiger partial charge in [0.05, 0.1) is 6.10 Å². The van der Waals surface area contributed by atoms with E-state index in [2.05, 4.69) is 0 Å². The van der Waals surface area contributed by atoms with Crippen LogP contribution in [0.4, 0.5) is 0 Å². The van der Waals surface area contributed by atoms with Crippen LogP contribution >= 0.6 is 0 Å². The van der Waals surface area contributed by atoms with Gasteiger partial charge in [0.15, 0.2) is 5.76 Å². The summed E-state index contributed by atoms with van der Waals surface area (Å²) in [5.41, 5.74) is 1.62. The van der Waals surface area contributed by atoms with Crippen molar-refractivity contribution in [2.45, 2.75) is 26.4 Å². The van der Waals surface area contributed by atoms with Gasteiger partial charge in [-0.1, -0.05) is 36.4 Å². The van der Waals surface area contributed by atoms with Gasteiger partial charge < -0.3 is 14.4 Å². The molecule has 120 valence electrons. The van der Waals surface area contributed by atoms with Crippen LogP contribution in [0.15, 0.2) is 40.8 Å². The number of hydrogen-bond donors (Lipinski definition) is 1. The van der Waals surface area contributed by atoms with Crippen LogP contribution in [0.2, 0.25) is 0 Å². The van der Waals surface area contributed by atoms with E-state index < -0.39 is 6.10 Å². The summed E-state index contributed by atoms with van der Waals surface area (Å²) in [5, 5.41) is 12.5. The third-order valence-corrected chi connectivity index (χ3v) is 4.25. The Bertz CT molecular complexity index is 864. The molecule has 0 aliphatic carbocycles. The number of rotatable bonds is 4. The van der Waals surface area contributed by atoms with Gasteiger partial charge in [0, 0.05) is 29.9 Å². The molecule has 23 heavy (non-hydrogen) atoms. The van der Waals surface area contributed by atoms with Gasteiger partial charge in [0.1, 0.15) is 5.58 Å². The molecule has 0 saturated carbocycles. The fraction of sp³-hybridized carbons (Fsp3) is 0.316. The number of aliphatic hydroxyl groups is 1. The maximum absolute atomic E-state index is 12.6. The van der Waals surface area contributed by atoms with E-state index >= 15 is 0 Å². The second-order valence-electron chi connectivity index (χ2n) is 6.08. The van der Waals surface area contributed by atoms with Crippen LogP contribution in [0.1, 0.15) is 29.5 Å². The Balaban J connectivity index is 2.03. The van der Waals surface area contributed by atoms with Gasteiger partial charge in [0.25, 0.3) is 5.91 Å². The average molecular weight is 311 g/mol. The lowest BCUT2D eigenvalue weighted by molar-refractivity contribution is 0.0739.